The van der Waals surface area contributed by atoms with Gasteiger partial charge in [-0.25, -0.2) is 0 Å². The van der Waals surface area contributed by atoms with Gasteiger partial charge in [0.1, 0.15) is 0 Å². The number of nitrogens with zero attached hydrogens (tertiary/aromatic N) is 1. The fourth-order valence-electron chi connectivity index (χ4n) is 1.45. The summed E-state index contributed by atoms with van der Waals surface area (Å²) >= 11 is -0.114. The third-order valence-electron chi connectivity index (χ3n) is 2.19. The first-order valence-corrected chi connectivity index (χ1v) is 6.68. The molecule has 0 spiro atoms. The Labute approximate surface area is 103 Å². The van der Waals surface area contributed by atoms with Crippen molar-refractivity contribution in [3.63, 3.8) is 0 Å². The van der Waals surface area contributed by atoms with E-state index in [-0.39, 0.29) is 26.2 Å². The van der Waals surface area contributed by atoms with Crippen LogP contribution in [-0.4, -0.2) is 32.0 Å². The molecule has 17 heavy (non-hydrogen) atoms. The van der Waals surface area contributed by atoms with Crippen molar-refractivity contribution >= 4 is 35.8 Å². The van der Waals surface area contributed by atoms with E-state index in [1.807, 2.05) is 0 Å². The molecule has 0 saturated heterocycles. The van der Waals surface area contributed by atoms with Gasteiger partial charge in [-0.05, 0) is 0 Å². The fraction of sp³-hybridized carbons (Fsp3) is 0.182. The van der Waals surface area contributed by atoms with Gasteiger partial charge >= 0.3 is 103 Å². The molecule has 1 aromatic heterocycles. The standard InChI is InChI=1S/C11H9NO4Se/c1-2-16-11(13)10-6-7-5-8(12(14)15)3-4-9(7)17-10/h3-6H,2H2,1H3. The van der Waals surface area contributed by atoms with Gasteiger partial charge in [-0.1, -0.05) is 0 Å². The zero-order chi connectivity index (χ0) is 12.4. The van der Waals surface area contributed by atoms with Crippen molar-refractivity contribution in [3.8, 4) is 0 Å². The minimum absolute atomic E-state index is 0.0425. The topological polar surface area (TPSA) is 69.4 Å². The maximum atomic E-state index is 11.5. The normalized spacial score (nSPS) is 10.4. The Morgan fingerprint density at radius 3 is 2.88 bits per heavy atom. The van der Waals surface area contributed by atoms with Crippen LogP contribution < -0.4 is 0 Å². The predicted molar refractivity (Wildman–Crippen MR) is 63.5 cm³/mol. The third-order valence-corrected chi connectivity index (χ3v) is 4.49. The summed E-state index contributed by atoms with van der Waals surface area (Å²) in [4.78, 5) is 21.7. The van der Waals surface area contributed by atoms with E-state index in [1.54, 1.807) is 19.1 Å². The Balaban J connectivity index is 2.43. The molecule has 2 aromatic rings. The Morgan fingerprint density at radius 1 is 1.47 bits per heavy atom. The van der Waals surface area contributed by atoms with Gasteiger partial charge in [0.2, 0.25) is 0 Å². The molecule has 1 aromatic carbocycles. The summed E-state index contributed by atoms with van der Waals surface area (Å²) in [5.41, 5.74) is 0.0425. The SMILES string of the molecule is CCOC(=O)c1cc2cc([N+](=O)[O-])ccc2[se]1. The van der Waals surface area contributed by atoms with Crippen LogP contribution in [0, 0.1) is 10.1 Å². The molecule has 0 N–H and O–H groups in total. The molecule has 1 heterocycles. The third kappa shape index (κ3) is 2.38. The van der Waals surface area contributed by atoms with E-state index in [9.17, 15) is 14.9 Å². The fourth-order valence-corrected chi connectivity index (χ4v) is 3.41. The number of carbonyl (C=O) groups is 1. The number of carbonyl (C=O) groups excluding carboxylic acids is 1. The van der Waals surface area contributed by atoms with Crippen LogP contribution >= 0.6 is 0 Å². The van der Waals surface area contributed by atoms with Crippen molar-refractivity contribution in [2.24, 2.45) is 0 Å². The Hall–Kier alpha value is -1.65. The number of hydrogen-bond acceptors (Lipinski definition) is 4. The monoisotopic (exact) mass is 299 g/mol. The van der Waals surface area contributed by atoms with Gasteiger partial charge in [-0.2, -0.15) is 0 Å². The molecular formula is C11H9NO4Se. The summed E-state index contributed by atoms with van der Waals surface area (Å²) in [5, 5.41) is 11.4. The molecular weight excluding hydrogens is 289 g/mol. The molecule has 2 rings (SSSR count). The summed E-state index contributed by atoms with van der Waals surface area (Å²) < 4.78 is 6.49. The number of non-ortho nitro benzene ring substituents is 1. The summed E-state index contributed by atoms with van der Waals surface area (Å²) in [6, 6.07) is 6.34. The number of esters is 1. The number of ether oxygens (including phenoxy) is 1. The van der Waals surface area contributed by atoms with Crippen molar-refractivity contribution in [1.82, 2.24) is 0 Å². The minimum atomic E-state index is -0.441. The van der Waals surface area contributed by atoms with Gasteiger partial charge in [0, 0.05) is 0 Å². The van der Waals surface area contributed by atoms with Crippen LogP contribution in [0.5, 0.6) is 0 Å². The number of fused-ring (bicyclic) bond motifs is 1. The van der Waals surface area contributed by atoms with Gasteiger partial charge < -0.3 is 0 Å². The summed E-state index contributed by atoms with van der Waals surface area (Å²) in [6.07, 6.45) is 0. The van der Waals surface area contributed by atoms with E-state index in [4.69, 9.17) is 4.74 Å². The number of nitro groups is 1. The van der Waals surface area contributed by atoms with Crippen molar-refractivity contribution in [1.29, 1.82) is 0 Å². The van der Waals surface area contributed by atoms with Crippen LogP contribution in [0.15, 0.2) is 24.3 Å². The Bertz CT molecular complexity index is 590. The van der Waals surface area contributed by atoms with Crippen molar-refractivity contribution in [3.05, 3.63) is 38.8 Å². The second-order valence-electron chi connectivity index (χ2n) is 3.31. The molecule has 0 aliphatic rings. The Morgan fingerprint density at radius 2 is 2.24 bits per heavy atom. The van der Waals surface area contributed by atoms with Gasteiger partial charge in [-0.3, -0.25) is 0 Å². The van der Waals surface area contributed by atoms with Gasteiger partial charge in [-0.15, -0.1) is 0 Å². The van der Waals surface area contributed by atoms with Crippen molar-refractivity contribution in [2.75, 3.05) is 6.61 Å². The first-order chi connectivity index (χ1) is 8.11. The molecule has 0 bridgehead atoms. The van der Waals surface area contributed by atoms with Crippen molar-refractivity contribution in [2.45, 2.75) is 6.92 Å². The quantitative estimate of drug-likeness (QED) is 0.376. The van der Waals surface area contributed by atoms with Gasteiger partial charge in [0.15, 0.2) is 0 Å². The second-order valence-corrected chi connectivity index (χ2v) is 5.58. The van der Waals surface area contributed by atoms with E-state index < -0.39 is 4.92 Å². The predicted octanol–water partition coefficient (Wildman–Crippen LogP) is 1.98. The van der Waals surface area contributed by atoms with E-state index >= 15 is 0 Å². The molecule has 0 atom stereocenters. The van der Waals surface area contributed by atoms with Gasteiger partial charge in [0.05, 0.1) is 0 Å². The molecule has 0 fully saturated rings. The molecule has 0 unspecified atom stereocenters. The first-order valence-electron chi connectivity index (χ1n) is 4.97. The van der Waals surface area contributed by atoms with Crippen LogP contribution in [0.4, 0.5) is 5.69 Å². The molecule has 5 nitrogen and oxygen atoms in total. The van der Waals surface area contributed by atoms with Gasteiger partial charge in [0.25, 0.3) is 0 Å². The zero-order valence-electron chi connectivity index (χ0n) is 9.00. The van der Waals surface area contributed by atoms with E-state index in [0.717, 1.165) is 9.65 Å². The molecule has 88 valence electrons. The Kier molecular flexibility index (Phi) is 3.26. The molecule has 0 amide bonds. The van der Waals surface area contributed by atoms with Crippen LogP contribution in [-0.2, 0) is 4.74 Å². The second kappa shape index (κ2) is 4.69. The maximum absolute atomic E-state index is 11.5. The average molecular weight is 298 g/mol. The zero-order valence-corrected chi connectivity index (χ0v) is 10.7. The number of nitro benzene ring substituents is 1. The van der Waals surface area contributed by atoms with E-state index in [1.165, 1.54) is 12.1 Å². The molecule has 0 radical (unpaired) electrons. The van der Waals surface area contributed by atoms with Crippen LogP contribution in [0.1, 0.15) is 16.2 Å². The number of hydrogen-bond donors (Lipinski definition) is 0. The molecule has 0 aliphatic heterocycles. The van der Waals surface area contributed by atoms with Crippen molar-refractivity contribution < 1.29 is 14.5 Å². The number of rotatable bonds is 3. The molecule has 6 heteroatoms. The summed E-state index contributed by atoms with van der Waals surface area (Å²) in [5.74, 6) is -0.327. The van der Waals surface area contributed by atoms with Crippen LogP contribution in [0.3, 0.4) is 0 Å². The molecule has 0 saturated carbocycles. The number of benzene rings is 1. The summed E-state index contributed by atoms with van der Waals surface area (Å²) in [7, 11) is 0. The van der Waals surface area contributed by atoms with Crippen LogP contribution in [0.2, 0.25) is 0 Å². The van der Waals surface area contributed by atoms with E-state index in [2.05, 4.69) is 0 Å². The summed E-state index contributed by atoms with van der Waals surface area (Å²) in [6.45, 7) is 2.08. The van der Waals surface area contributed by atoms with Crippen LogP contribution in [0.25, 0.3) is 9.65 Å². The molecule has 0 aliphatic carbocycles. The first kappa shape index (κ1) is 11.8. The van der Waals surface area contributed by atoms with E-state index in [0.29, 0.717) is 11.0 Å². The average Bonchev–Trinajstić information content (AvgIpc) is 2.71.